The Kier molecular flexibility index (Phi) is 5.95. The summed E-state index contributed by atoms with van der Waals surface area (Å²) in [7, 11) is 0. The van der Waals surface area contributed by atoms with Gasteiger partial charge in [-0.2, -0.15) is 0 Å². The summed E-state index contributed by atoms with van der Waals surface area (Å²) in [5.41, 5.74) is 4.00. The molecule has 1 heterocycles. The van der Waals surface area contributed by atoms with E-state index < -0.39 is 5.63 Å². The summed E-state index contributed by atoms with van der Waals surface area (Å²) in [4.78, 5) is 28.8. The highest BCUT2D eigenvalue weighted by Crippen LogP contribution is 2.21. The maximum absolute atomic E-state index is 12.2. The molecule has 1 N–H and O–H groups in total. The number of hydrogen-bond donors (Lipinski definition) is 1. The summed E-state index contributed by atoms with van der Waals surface area (Å²) in [6.07, 6.45) is 0. The van der Waals surface area contributed by atoms with Gasteiger partial charge in [0.25, 0.3) is 0 Å². The zero-order valence-corrected chi connectivity index (χ0v) is 17.2. The molecule has 3 aromatic carbocycles. The van der Waals surface area contributed by atoms with Crippen molar-refractivity contribution in [3.63, 3.8) is 0 Å². The van der Waals surface area contributed by atoms with E-state index in [9.17, 15) is 9.59 Å². The molecular weight excluding hydrogens is 396 g/mol. The first-order valence-electron chi connectivity index (χ1n) is 9.52. The van der Waals surface area contributed by atoms with Crippen molar-refractivity contribution in [1.82, 2.24) is 4.98 Å². The highest BCUT2D eigenvalue weighted by atomic mass is 32.2. The quantitative estimate of drug-likeness (QED) is 0.477. The van der Waals surface area contributed by atoms with Gasteiger partial charge < -0.3 is 9.73 Å². The summed E-state index contributed by atoms with van der Waals surface area (Å²) >= 11 is 1.58. The van der Waals surface area contributed by atoms with Gasteiger partial charge in [-0.15, -0.1) is 11.8 Å². The molecule has 0 radical (unpaired) electrons. The van der Waals surface area contributed by atoms with Crippen molar-refractivity contribution in [2.45, 2.75) is 12.7 Å². The van der Waals surface area contributed by atoms with E-state index in [2.05, 4.69) is 29.4 Å². The Morgan fingerprint density at radius 1 is 1.00 bits per heavy atom. The molecule has 0 saturated heterocycles. The topological polar surface area (TPSA) is 72.2 Å². The highest BCUT2D eigenvalue weighted by Gasteiger charge is 2.09. The number of hydrogen-bond acceptors (Lipinski definition) is 5. The second-order valence-corrected chi connectivity index (χ2v) is 7.85. The number of nitrogens with zero attached hydrogens (tertiary/aromatic N) is 1. The van der Waals surface area contributed by atoms with Crippen LogP contribution in [0.25, 0.3) is 22.4 Å². The zero-order chi connectivity index (χ0) is 20.9. The molecule has 0 bridgehead atoms. The molecule has 4 rings (SSSR count). The normalized spacial score (nSPS) is 10.8. The fourth-order valence-electron chi connectivity index (χ4n) is 3.06. The molecule has 0 fully saturated rings. The number of para-hydroxylation sites is 1. The molecule has 0 aliphatic carbocycles. The van der Waals surface area contributed by atoms with Gasteiger partial charge in [-0.05, 0) is 54.4 Å². The summed E-state index contributed by atoms with van der Waals surface area (Å²) in [6, 6.07) is 22.3. The molecule has 4 aromatic rings. The van der Waals surface area contributed by atoms with Crippen molar-refractivity contribution in [3.05, 3.63) is 94.3 Å². The molecule has 0 aliphatic rings. The van der Waals surface area contributed by atoms with Crippen LogP contribution in [0.1, 0.15) is 11.1 Å². The van der Waals surface area contributed by atoms with Crippen LogP contribution in [0, 0.1) is 6.92 Å². The first kappa shape index (κ1) is 19.9. The van der Waals surface area contributed by atoms with Crippen LogP contribution in [0.2, 0.25) is 0 Å². The van der Waals surface area contributed by atoms with Gasteiger partial charge in [0.15, 0.2) is 0 Å². The molecule has 0 spiro atoms. The second kappa shape index (κ2) is 8.97. The van der Waals surface area contributed by atoms with E-state index >= 15 is 0 Å². The number of anilines is 1. The standard InChI is InChI=1S/C24H20N2O3S/c1-16-6-2-3-7-18(16)14-30-15-22(27)25-19-12-10-17(11-13-19)23-26-21-9-5-4-8-20(21)24(28)29-23/h2-13H,14-15H2,1H3,(H,25,27). The van der Waals surface area contributed by atoms with E-state index in [1.54, 1.807) is 54.2 Å². The third-order valence-corrected chi connectivity index (χ3v) is 5.68. The molecular formula is C24H20N2O3S. The van der Waals surface area contributed by atoms with E-state index in [1.807, 2.05) is 18.2 Å². The molecule has 5 nitrogen and oxygen atoms in total. The number of fused-ring (bicyclic) bond motifs is 1. The summed E-state index contributed by atoms with van der Waals surface area (Å²) < 4.78 is 5.34. The van der Waals surface area contributed by atoms with Gasteiger partial charge >= 0.3 is 5.63 Å². The Labute approximate surface area is 178 Å². The smallest absolute Gasteiger partial charge is 0.347 e. The largest absolute Gasteiger partial charge is 0.403 e. The minimum atomic E-state index is -0.418. The first-order chi connectivity index (χ1) is 14.6. The molecule has 0 saturated carbocycles. The Morgan fingerprint density at radius 3 is 2.53 bits per heavy atom. The lowest BCUT2D eigenvalue weighted by atomic mass is 10.1. The van der Waals surface area contributed by atoms with Crippen molar-refractivity contribution < 1.29 is 9.21 Å². The van der Waals surface area contributed by atoms with Crippen molar-refractivity contribution in [2.75, 3.05) is 11.1 Å². The van der Waals surface area contributed by atoms with Gasteiger partial charge in [0.2, 0.25) is 11.8 Å². The number of nitrogens with one attached hydrogen (secondary N) is 1. The minimum Gasteiger partial charge on any atom is -0.403 e. The molecule has 30 heavy (non-hydrogen) atoms. The van der Waals surface area contributed by atoms with Crippen LogP contribution in [-0.2, 0) is 10.5 Å². The van der Waals surface area contributed by atoms with Gasteiger partial charge in [-0.25, -0.2) is 9.78 Å². The number of thioether (sulfide) groups is 1. The lowest BCUT2D eigenvalue weighted by Gasteiger charge is -2.07. The predicted octanol–water partition coefficient (Wildman–Crippen LogP) is 5.04. The van der Waals surface area contributed by atoms with E-state index in [1.165, 1.54) is 11.1 Å². The Balaban J connectivity index is 1.38. The number of carbonyl (C=O) groups excluding carboxylic acids is 1. The van der Waals surface area contributed by atoms with Gasteiger partial charge in [0.05, 0.1) is 16.7 Å². The summed E-state index contributed by atoms with van der Waals surface area (Å²) in [5, 5.41) is 3.34. The Morgan fingerprint density at radius 2 is 1.73 bits per heavy atom. The van der Waals surface area contributed by atoms with Crippen LogP contribution in [-0.4, -0.2) is 16.6 Å². The lowest BCUT2D eigenvalue weighted by molar-refractivity contribution is -0.113. The summed E-state index contributed by atoms with van der Waals surface area (Å²) in [5.74, 6) is 1.37. The molecule has 150 valence electrons. The van der Waals surface area contributed by atoms with E-state index in [0.29, 0.717) is 27.9 Å². The number of rotatable bonds is 6. The zero-order valence-electron chi connectivity index (χ0n) is 16.4. The second-order valence-electron chi connectivity index (χ2n) is 6.87. The van der Waals surface area contributed by atoms with Crippen LogP contribution >= 0.6 is 11.8 Å². The van der Waals surface area contributed by atoms with E-state index in [0.717, 1.165) is 5.75 Å². The first-order valence-corrected chi connectivity index (χ1v) is 10.7. The van der Waals surface area contributed by atoms with Crippen LogP contribution in [0.4, 0.5) is 5.69 Å². The molecule has 1 amide bonds. The molecule has 0 atom stereocenters. The van der Waals surface area contributed by atoms with Crippen LogP contribution in [0.15, 0.2) is 82.0 Å². The molecule has 0 aliphatic heterocycles. The fraction of sp³-hybridized carbons (Fsp3) is 0.125. The maximum atomic E-state index is 12.2. The van der Waals surface area contributed by atoms with Crippen molar-refractivity contribution in [3.8, 4) is 11.5 Å². The number of aryl methyl sites for hydroxylation is 1. The average molecular weight is 417 g/mol. The number of carbonyl (C=O) groups is 1. The number of amides is 1. The monoisotopic (exact) mass is 416 g/mol. The van der Waals surface area contributed by atoms with Crippen LogP contribution < -0.4 is 10.9 Å². The van der Waals surface area contributed by atoms with E-state index in [-0.39, 0.29) is 11.8 Å². The number of aromatic nitrogens is 1. The maximum Gasteiger partial charge on any atom is 0.347 e. The third-order valence-electron chi connectivity index (χ3n) is 4.70. The van der Waals surface area contributed by atoms with Gasteiger partial charge in [0.1, 0.15) is 0 Å². The number of benzene rings is 3. The van der Waals surface area contributed by atoms with Gasteiger partial charge in [0, 0.05) is 17.0 Å². The molecule has 6 heteroatoms. The van der Waals surface area contributed by atoms with Crippen LogP contribution in [0.5, 0.6) is 0 Å². The van der Waals surface area contributed by atoms with Crippen molar-refractivity contribution >= 4 is 34.3 Å². The minimum absolute atomic E-state index is 0.0586. The lowest BCUT2D eigenvalue weighted by Crippen LogP contribution is -2.14. The third kappa shape index (κ3) is 4.60. The van der Waals surface area contributed by atoms with Crippen molar-refractivity contribution in [2.24, 2.45) is 0 Å². The Hall–Kier alpha value is -3.38. The van der Waals surface area contributed by atoms with Gasteiger partial charge in [-0.1, -0.05) is 36.4 Å². The fourth-order valence-corrected chi connectivity index (χ4v) is 3.96. The average Bonchev–Trinajstić information content (AvgIpc) is 2.75. The predicted molar refractivity (Wildman–Crippen MR) is 122 cm³/mol. The SMILES string of the molecule is Cc1ccccc1CSCC(=O)Nc1ccc(-c2nc3ccccc3c(=O)o2)cc1. The molecule has 0 unspecified atom stereocenters. The van der Waals surface area contributed by atoms with E-state index in [4.69, 9.17) is 4.42 Å². The van der Waals surface area contributed by atoms with Gasteiger partial charge in [-0.3, -0.25) is 4.79 Å². The highest BCUT2D eigenvalue weighted by molar-refractivity contribution is 7.99. The summed E-state index contributed by atoms with van der Waals surface area (Å²) in [6.45, 7) is 2.07. The van der Waals surface area contributed by atoms with Crippen LogP contribution in [0.3, 0.4) is 0 Å². The molecule has 1 aromatic heterocycles. The van der Waals surface area contributed by atoms with Crippen molar-refractivity contribution in [1.29, 1.82) is 0 Å². The Bertz CT molecular complexity index is 1250.